The molecule has 32 heavy (non-hydrogen) atoms. The molecule has 0 spiro atoms. The van der Waals surface area contributed by atoms with Crippen LogP contribution in [-0.4, -0.2) is 18.9 Å². The monoisotopic (exact) mass is 442 g/mol. The number of rotatable bonds is 7. The largest absolute Gasteiger partial charge is 0.497 e. The number of benzene rings is 3. The van der Waals surface area contributed by atoms with Gasteiger partial charge in [0.2, 0.25) is 5.91 Å². The zero-order chi connectivity index (χ0) is 23.1. The number of halogens is 3. The lowest BCUT2D eigenvalue weighted by atomic mass is 10.1. The number of nitrogens with one attached hydrogen (secondary N) is 2. The highest BCUT2D eigenvalue weighted by atomic mass is 19.4. The van der Waals surface area contributed by atoms with Gasteiger partial charge in [0.1, 0.15) is 5.75 Å². The topological polar surface area (TPSA) is 67.4 Å². The fourth-order valence-corrected chi connectivity index (χ4v) is 2.99. The van der Waals surface area contributed by atoms with Gasteiger partial charge in [-0.2, -0.15) is 13.2 Å². The molecule has 0 saturated heterocycles. The standard InChI is InChI=1S/C24H21F3N2O3/c1-32-21-11-8-16(9-12-21)10-13-22(30)28-19-6-2-4-17(14-19)23(31)29-20-7-3-5-18(15-20)24(25,26)27/h2-9,11-12,14-15H,10,13H2,1H3,(H,28,30)(H,29,31). The van der Waals surface area contributed by atoms with E-state index >= 15 is 0 Å². The number of anilines is 2. The highest BCUT2D eigenvalue weighted by Gasteiger charge is 2.30. The van der Waals surface area contributed by atoms with E-state index < -0.39 is 17.6 Å². The van der Waals surface area contributed by atoms with Crippen LogP contribution in [0.15, 0.2) is 72.8 Å². The van der Waals surface area contributed by atoms with Gasteiger partial charge in [0, 0.05) is 23.4 Å². The fourth-order valence-electron chi connectivity index (χ4n) is 2.99. The van der Waals surface area contributed by atoms with E-state index in [2.05, 4.69) is 10.6 Å². The van der Waals surface area contributed by atoms with Crippen molar-refractivity contribution >= 4 is 23.2 Å². The Kier molecular flexibility index (Phi) is 7.14. The first kappa shape index (κ1) is 22.9. The minimum Gasteiger partial charge on any atom is -0.497 e. The number of hydrogen-bond acceptors (Lipinski definition) is 3. The Morgan fingerprint density at radius 3 is 2.19 bits per heavy atom. The van der Waals surface area contributed by atoms with Gasteiger partial charge in [0.15, 0.2) is 0 Å². The lowest BCUT2D eigenvalue weighted by molar-refractivity contribution is -0.137. The molecular formula is C24H21F3N2O3. The first-order valence-corrected chi connectivity index (χ1v) is 9.76. The second-order valence-corrected chi connectivity index (χ2v) is 7.01. The first-order valence-electron chi connectivity index (χ1n) is 9.76. The highest BCUT2D eigenvalue weighted by molar-refractivity contribution is 6.05. The van der Waals surface area contributed by atoms with Crippen LogP contribution in [0.1, 0.15) is 27.9 Å². The lowest BCUT2D eigenvalue weighted by Crippen LogP contribution is -2.15. The van der Waals surface area contributed by atoms with Crippen LogP contribution in [0, 0.1) is 0 Å². The second kappa shape index (κ2) is 10.00. The molecule has 5 nitrogen and oxygen atoms in total. The van der Waals surface area contributed by atoms with Gasteiger partial charge in [0.05, 0.1) is 12.7 Å². The van der Waals surface area contributed by atoms with Crippen LogP contribution in [0.25, 0.3) is 0 Å². The number of carbonyl (C=O) groups excluding carboxylic acids is 2. The molecule has 0 fully saturated rings. The van der Waals surface area contributed by atoms with Crippen LogP contribution in [0.2, 0.25) is 0 Å². The zero-order valence-corrected chi connectivity index (χ0v) is 17.2. The number of methoxy groups -OCH3 is 1. The maximum absolute atomic E-state index is 12.8. The SMILES string of the molecule is COc1ccc(CCC(=O)Nc2cccc(C(=O)Nc3cccc(C(F)(F)F)c3)c2)cc1. The van der Waals surface area contributed by atoms with Crippen LogP contribution in [0.4, 0.5) is 24.5 Å². The minimum absolute atomic E-state index is 0.0266. The van der Waals surface area contributed by atoms with Gasteiger partial charge >= 0.3 is 6.18 Å². The van der Waals surface area contributed by atoms with Crippen molar-refractivity contribution in [3.05, 3.63) is 89.5 Å². The van der Waals surface area contributed by atoms with Gasteiger partial charge in [-0.3, -0.25) is 9.59 Å². The Morgan fingerprint density at radius 2 is 1.53 bits per heavy atom. The normalized spacial score (nSPS) is 11.0. The third-order valence-electron chi connectivity index (χ3n) is 4.66. The fraction of sp³-hybridized carbons (Fsp3) is 0.167. The number of carbonyl (C=O) groups is 2. The van der Waals surface area contributed by atoms with Gasteiger partial charge < -0.3 is 15.4 Å². The molecule has 0 heterocycles. The molecule has 0 aromatic heterocycles. The van der Waals surface area contributed by atoms with Crippen LogP contribution < -0.4 is 15.4 Å². The van der Waals surface area contributed by atoms with Gasteiger partial charge in [-0.15, -0.1) is 0 Å². The van der Waals surface area contributed by atoms with Crippen molar-refractivity contribution in [2.45, 2.75) is 19.0 Å². The van der Waals surface area contributed by atoms with Crippen LogP contribution in [0.5, 0.6) is 5.75 Å². The van der Waals surface area contributed by atoms with Gasteiger partial charge in [-0.25, -0.2) is 0 Å². The summed E-state index contributed by atoms with van der Waals surface area (Å²) in [7, 11) is 1.58. The highest BCUT2D eigenvalue weighted by Crippen LogP contribution is 2.30. The molecule has 0 aliphatic rings. The molecular weight excluding hydrogens is 421 g/mol. The molecule has 2 N–H and O–H groups in total. The van der Waals surface area contributed by atoms with Gasteiger partial charge in [-0.05, 0) is 60.5 Å². The Morgan fingerprint density at radius 1 is 0.875 bits per heavy atom. The molecule has 0 radical (unpaired) electrons. The lowest BCUT2D eigenvalue weighted by Gasteiger charge is -2.11. The molecule has 0 saturated carbocycles. The van der Waals surface area contributed by atoms with E-state index in [9.17, 15) is 22.8 Å². The third-order valence-corrected chi connectivity index (χ3v) is 4.66. The summed E-state index contributed by atoms with van der Waals surface area (Å²) in [6, 6.07) is 18.0. The van der Waals surface area contributed by atoms with Crippen LogP contribution >= 0.6 is 0 Å². The molecule has 3 aromatic carbocycles. The molecule has 3 rings (SSSR count). The molecule has 0 aliphatic heterocycles. The maximum Gasteiger partial charge on any atom is 0.416 e. The van der Waals surface area contributed by atoms with Crippen molar-refractivity contribution in [2.24, 2.45) is 0 Å². The van der Waals surface area contributed by atoms with E-state index in [-0.39, 0.29) is 23.6 Å². The van der Waals surface area contributed by atoms with Crippen molar-refractivity contribution in [1.29, 1.82) is 0 Å². The molecule has 0 unspecified atom stereocenters. The molecule has 3 aromatic rings. The van der Waals surface area contributed by atoms with E-state index in [4.69, 9.17) is 4.74 Å². The van der Waals surface area contributed by atoms with E-state index in [1.165, 1.54) is 24.3 Å². The number of ether oxygens (including phenoxy) is 1. The predicted molar refractivity (Wildman–Crippen MR) is 116 cm³/mol. The molecule has 8 heteroatoms. The number of aryl methyl sites for hydroxylation is 1. The quantitative estimate of drug-likeness (QED) is 0.505. The second-order valence-electron chi connectivity index (χ2n) is 7.01. The summed E-state index contributed by atoms with van der Waals surface area (Å²) in [4.78, 5) is 24.7. The molecule has 166 valence electrons. The summed E-state index contributed by atoms with van der Waals surface area (Å²) in [5.41, 5.74) is 0.777. The first-order chi connectivity index (χ1) is 15.2. The van der Waals surface area contributed by atoms with Crippen LogP contribution in [0.3, 0.4) is 0 Å². The minimum atomic E-state index is -4.50. The van der Waals surface area contributed by atoms with Crippen molar-refractivity contribution in [2.75, 3.05) is 17.7 Å². The van der Waals surface area contributed by atoms with Crippen molar-refractivity contribution in [3.63, 3.8) is 0 Å². The smallest absolute Gasteiger partial charge is 0.416 e. The van der Waals surface area contributed by atoms with E-state index in [1.807, 2.05) is 24.3 Å². The number of amides is 2. The molecule has 0 aliphatic carbocycles. The van der Waals surface area contributed by atoms with Gasteiger partial charge in [0.25, 0.3) is 5.91 Å². The third kappa shape index (κ3) is 6.34. The van der Waals surface area contributed by atoms with Crippen molar-refractivity contribution < 1.29 is 27.5 Å². The van der Waals surface area contributed by atoms with E-state index in [0.717, 1.165) is 23.4 Å². The van der Waals surface area contributed by atoms with Crippen molar-refractivity contribution in [1.82, 2.24) is 0 Å². The van der Waals surface area contributed by atoms with Crippen LogP contribution in [-0.2, 0) is 17.4 Å². The van der Waals surface area contributed by atoms with Crippen molar-refractivity contribution in [3.8, 4) is 5.75 Å². The molecule has 2 amide bonds. The number of alkyl halides is 3. The average Bonchev–Trinajstić information content (AvgIpc) is 2.78. The summed E-state index contributed by atoms with van der Waals surface area (Å²) < 4.78 is 43.6. The maximum atomic E-state index is 12.8. The summed E-state index contributed by atoms with van der Waals surface area (Å²) in [6.07, 6.45) is -3.73. The summed E-state index contributed by atoms with van der Waals surface area (Å²) >= 11 is 0. The van der Waals surface area contributed by atoms with E-state index in [1.54, 1.807) is 19.2 Å². The molecule has 0 atom stereocenters. The Balaban J connectivity index is 1.59. The van der Waals surface area contributed by atoms with Gasteiger partial charge in [-0.1, -0.05) is 24.3 Å². The summed E-state index contributed by atoms with van der Waals surface area (Å²) in [6.45, 7) is 0. The Hall–Kier alpha value is -3.81. The Labute approximate surface area is 183 Å². The van der Waals surface area contributed by atoms with E-state index in [0.29, 0.717) is 12.1 Å². The average molecular weight is 442 g/mol. The number of hydrogen-bond donors (Lipinski definition) is 2. The summed E-state index contributed by atoms with van der Waals surface area (Å²) in [5, 5.41) is 5.18. The zero-order valence-electron chi connectivity index (χ0n) is 17.2. The predicted octanol–water partition coefficient (Wildman–Crippen LogP) is 5.54. The molecule has 0 bridgehead atoms. The Bertz CT molecular complexity index is 1100. The summed E-state index contributed by atoms with van der Waals surface area (Å²) in [5.74, 6) is -0.0756.